The van der Waals surface area contributed by atoms with E-state index in [4.69, 9.17) is 0 Å². The molecule has 0 spiro atoms. The van der Waals surface area contributed by atoms with E-state index in [9.17, 15) is 9.90 Å². The van der Waals surface area contributed by atoms with Gasteiger partial charge in [-0.25, -0.2) is 0 Å². The monoisotopic (exact) mass is 293 g/mol. The average Bonchev–Trinajstić information content (AvgIpc) is 2.94. The fourth-order valence-electron chi connectivity index (χ4n) is 3.05. The SMILES string of the molecule is CCN(Cc1ccn(C2CCCCC2)n1)C(C)(C)C(=O)O. The number of aromatic nitrogens is 2. The highest BCUT2D eigenvalue weighted by atomic mass is 16.4. The first-order chi connectivity index (χ1) is 9.95. The van der Waals surface area contributed by atoms with Gasteiger partial charge in [-0.1, -0.05) is 26.2 Å². The van der Waals surface area contributed by atoms with Crippen molar-refractivity contribution in [2.75, 3.05) is 6.54 Å². The molecule has 0 bridgehead atoms. The number of hydrogen-bond donors (Lipinski definition) is 1. The summed E-state index contributed by atoms with van der Waals surface area (Å²) < 4.78 is 2.08. The lowest BCUT2D eigenvalue weighted by Gasteiger charge is -2.33. The molecule has 1 aromatic rings. The highest BCUT2D eigenvalue weighted by molar-refractivity contribution is 5.77. The Kier molecular flexibility index (Phi) is 5.04. The highest BCUT2D eigenvalue weighted by Gasteiger charge is 2.33. The van der Waals surface area contributed by atoms with E-state index in [1.165, 1.54) is 32.1 Å². The smallest absolute Gasteiger partial charge is 0.323 e. The van der Waals surface area contributed by atoms with Gasteiger partial charge in [0.2, 0.25) is 0 Å². The molecule has 0 aliphatic heterocycles. The van der Waals surface area contributed by atoms with E-state index in [0.717, 1.165) is 5.69 Å². The van der Waals surface area contributed by atoms with Crippen LogP contribution < -0.4 is 0 Å². The van der Waals surface area contributed by atoms with Gasteiger partial charge in [0.05, 0.1) is 11.7 Å². The number of nitrogens with zero attached hydrogens (tertiary/aromatic N) is 3. The van der Waals surface area contributed by atoms with Crippen molar-refractivity contribution in [2.45, 2.75) is 71.0 Å². The number of likely N-dealkylation sites (N-methyl/N-ethyl adjacent to an activating group) is 1. The van der Waals surface area contributed by atoms with Crippen LogP contribution in [0.3, 0.4) is 0 Å². The third kappa shape index (κ3) is 3.64. The van der Waals surface area contributed by atoms with Crippen LogP contribution in [0, 0.1) is 0 Å². The molecule has 5 heteroatoms. The minimum atomic E-state index is -0.872. The Morgan fingerprint density at radius 2 is 2.10 bits per heavy atom. The van der Waals surface area contributed by atoms with E-state index >= 15 is 0 Å². The Morgan fingerprint density at radius 1 is 1.43 bits per heavy atom. The van der Waals surface area contributed by atoms with Gasteiger partial charge in [0.1, 0.15) is 5.54 Å². The van der Waals surface area contributed by atoms with Crippen molar-refractivity contribution in [1.82, 2.24) is 14.7 Å². The number of rotatable bonds is 6. The lowest BCUT2D eigenvalue weighted by Crippen LogP contribution is -2.49. The van der Waals surface area contributed by atoms with Crippen molar-refractivity contribution in [3.05, 3.63) is 18.0 Å². The molecular formula is C16H27N3O2. The van der Waals surface area contributed by atoms with E-state index in [2.05, 4.69) is 9.78 Å². The van der Waals surface area contributed by atoms with Gasteiger partial charge >= 0.3 is 5.97 Å². The van der Waals surface area contributed by atoms with Gasteiger partial charge in [-0.2, -0.15) is 5.10 Å². The molecule has 2 rings (SSSR count). The maximum atomic E-state index is 11.4. The first kappa shape index (κ1) is 16.0. The largest absolute Gasteiger partial charge is 0.480 e. The van der Waals surface area contributed by atoms with Gasteiger partial charge in [-0.3, -0.25) is 14.4 Å². The minimum Gasteiger partial charge on any atom is -0.480 e. The van der Waals surface area contributed by atoms with Gasteiger partial charge < -0.3 is 5.11 Å². The number of hydrogen-bond acceptors (Lipinski definition) is 3. The summed E-state index contributed by atoms with van der Waals surface area (Å²) in [7, 11) is 0. The maximum absolute atomic E-state index is 11.4. The molecule has 21 heavy (non-hydrogen) atoms. The number of aliphatic carboxylic acids is 1. The van der Waals surface area contributed by atoms with Crippen LogP contribution in [0.2, 0.25) is 0 Å². The van der Waals surface area contributed by atoms with Gasteiger partial charge in [-0.15, -0.1) is 0 Å². The van der Waals surface area contributed by atoms with Gasteiger partial charge in [0.15, 0.2) is 0 Å². The molecule has 0 radical (unpaired) electrons. The molecule has 0 saturated heterocycles. The second kappa shape index (κ2) is 6.60. The quantitative estimate of drug-likeness (QED) is 0.875. The van der Waals surface area contributed by atoms with Crippen LogP contribution in [0.1, 0.15) is 64.6 Å². The van der Waals surface area contributed by atoms with E-state index in [-0.39, 0.29) is 0 Å². The van der Waals surface area contributed by atoms with E-state index in [0.29, 0.717) is 19.1 Å². The normalized spacial score (nSPS) is 17.3. The van der Waals surface area contributed by atoms with Crippen molar-refractivity contribution in [3.8, 4) is 0 Å². The van der Waals surface area contributed by atoms with Crippen molar-refractivity contribution < 1.29 is 9.90 Å². The summed E-state index contributed by atoms with van der Waals surface area (Å²) in [6, 6.07) is 2.55. The molecule has 5 nitrogen and oxygen atoms in total. The molecule has 118 valence electrons. The molecule has 0 aromatic carbocycles. The number of carbonyl (C=O) groups is 1. The van der Waals surface area contributed by atoms with Crippen molar-refractivity contribution in [1.29, 1.82) is 0 Å². The van der Waals surface area contributed by atoms with E-state index in [1.807, 2.05) is 24.1 Å². The Labute approximate surface area is 126 Å². The predicted octanol–water partition coefficient (Wildman–Crippen LogP) is 3.07. The van der Waals surface area contributed by atoms with Crippen LogP contribution in [0.4, 0.5) is 0 Å². The second-order valence-corrected chi connectivity index (χ2v) is 6.46. The molecular weight excluding hydrogens is 266 g/mol. The molecule has 1 saturated carbocycles. The first-order valence-electron chi connectivity index (χ1n) is 7.97. The summed E-state index contributed by atoms with van der Waals surface area (Å²) >= 11 is 0. The standard InChI is InChI=1S/C16H27N3O2/c1-4-18(16(2,3)15(20)21)12-13-10-11-19(17-13)14-8-6-5-7-9-14/h10-11,14H,4-9,12H2,1-3H3,(H,20,21). The molecule has 1 aliphatic carbocycles. The predicted molar refractivity (Wildman–Crippen MR) is 82.1 cm³/mol. The van der Waals surface area contributed by atoms with Crippen LogP contribution in [-0.4, -0.2) is 37.8 Å². The molecule has 1 aromatic heterocycles. The fourth-order valence-corrected chi connectivity index (χ4v) is 3.05. The Balaban J connectivity index is 2.05. The van der Waals surface area contributed by atoms with Crippen LogP contribution in [0.15, 0.2) is 12.3 Å². The molecule has 1 heterocycles. The van der Waals surface area contributed by atoms with Gasteiger partial charge in [0, 0.05) is 12.7 Å². The molecule has 0 amide bonds. The third-order valence-electron chi connectivity index (χ3n) is 4.66. The fraction of sp³-hybridized carbons (Fsp3) is 0.750. The van der Waals surface area contributed by atoms with Crippen LogP contribution in [0.25, 0.3) is 0 Å². The van der Waals surface area contributed by atoms with Crippen molar-refractivity contribution in [2.24, 2.45) is 0 Å². The zero-order chi connectivity index (χ0) is 15.5. The Hall–Kier alpha value is -1.36. The number of carboxylic acids is 1. The van der Waals surface area contributed by atoms with Crippen LogP contribution >= 0.6 is 0 Å². The highest BCUT2D eigenvalue weighted by Crippen LogP contribution is 2.27. The average molecular weight is 293 g/mol. The Bertz CT molecular complexity index is 476. The van der Waals surface area contributed by atoms with E-state index in [1.54, 1.807) is 13.8 Å². The summed E-state index contributed by atoms with van der Waals surface area (Å²) in [6.45, 7) is 6.75. The number of carboxylic acid groups (broad SMARTS) is 1. The van der Waals surface area contributed by atoms with Crippen LogP contribution in [-0.2, 0) is 11.3 Å². The lowest BCUT2D eigenvalue weighted by atomic mass is 9.96. The minimum absolute atomic E-state index is 0.523. The second-order valence-electron chi connectivity index (χ2n) is 6.46. The molecule has 1 aliphatic rings. The van der Waals surface area contributed by atoms with Gasteiger partial charge in [-0.05, 0) is 39.3 Å². The topological polar surface area (TPSA) is 58.4 Å². The summed E-state index contributed by atoms with van der Waals surface area (Å²) in [5.41, 5.74) is 0.0837. The third-order valence-corrected chi connectivity index (χ3v) is 4.66. The maximum Gasteiger partial charge on any atom is 0.323 e. The van der Waals surface area contributed by atoms with Gasteiger partial charge in [0.25, 0.3) is 0 Å². The molecule has 1 fully saturated rings. The van der Waals surface area contributed by atoms with Crippen LogP contribution in [0.5, 0.6) is 0 Å². The lowest BCUT2D eigenvalue weighted by molar-refractivity contribution is -0.149. The summed E-state index contributed by atoms with van der Waals surface area (Å²) in [5.74, 6) is -0.795. The molecule has 0 atom stereocenters. The molecule has 0 unspecified atom stereocenters. The summed E-state index contributed by atoms with van der Waals surface area (Å²) in [4.78, 5) is 13.3. The zero-order valence-corrected chi connectivity index (χ0v) is 13.4. The van der Waals surface area contributed by atoms with Crippen molar-refractivity contribution in [3.63, 3.8) is 0 Å². The van der Waals surface area contributed by atoms with Crippen molar-refractivity contribution >= 4 is 5.97 Å². The summed E-state index contributed by atoms with van der Waals surface area (Å²) in [5, 5.41) is 14.0. The summed E-state index contributed by atoms with van der Waals surface area (Å²) in [6.07, 6.45) is 8.37. The Morgan fingerprint density at radius 3 is 2.67 bits per heavy atom. The van der Waals surface area contributed by atoms with E-state index < -0.39 is 11.5 Å². The first-order valence-corrected chi connectivity index (χ1v) is 7.97. The molecule has 1 N–H and O–H groups in total. The zero-order valence-electron chi connectivity index (χ0n) is 13.4.